The molecule has 1 saturated heterocycles. The van der Waals surface area contributed by atoms with Gasteiger partial charge < -0.3 is 9.64 Å². The van der Waals surface area contributed by atoms with Crippen molar-refractivity contribution in [2.75, 3.05) is 24.6 Å². The number of anilines is 1. The maximum absolute atomic E-state index is 13.5. The normalized spacial score (nSPS) is 17.3. The number of amides is 2. The summed E-state index contributed by atoms with van der Waals surface area (Å²) in [6, 6.07) is 16.7. The Bertz CT molecular complexity index is 930. The van der Waals surface area contributed by atoms with E-state index in [0.29, 0.717) is 29.3 Å². The summed E-state index contributed by atoms with van der Waals surface area (Å²) < 4.78 is 5.71. The first kappa shape index (κ1) is 19.2. The predicted octanol–water partition coefficient (Wildman–Crippen LogP) is 4.25. The fourth-order valence-electron chi connectivity index (χ4n) is 3.96. The molecule has 0 saturated carbocycles. The average molecular weight is 390 g/mol. The standard InChI is InChI=1S/C24H26N2O3/c1-2-16-29-20-13-9-12-19(17-20)26-23(27)21(18-10-5-3-6-11-18)22(24(26)28)25-14-7-4-8-15-25/h3,5-6,9-13,17H,2,4,7-8,14-16H2,1H3. The van der Waals surface area contributed by atoms with Gasteiger partial charge >= 0.3 is 0 Å². The number of carbonyl (C=O) groups excluding carboxylic acids is 2. The zero-order valence-corrected chi connectivity index (χ0v) is 16.8. The van der Waals surface area contributed by atoms with Crippen molar-refractivity contribution in [2.45, 2.75) is 32.6 Å². The highest BCUT2D eigenvalue weighted by atomic mass is 16.5. The third-order valence-electron chi connectivity index (χ3n) is 5.34. The van der Waals surface area contributed by atoms with Crippen molar-refractivity contribution in [1.29, 1.82) is 0 Å². The van der Waals surface area contributed by atoms with Crippen molar-refractivity contribution in [3.8, 4) is 5.75 Å². The van der Waals surface area contributed by atoms with Gasteiger partial charge in [0.25, 0.3) is 11.8 Å². The summed E-state index contributed by atoms with van der Waals surface area (Å²) in [5.74, 6) is 0.149. The molecule has 5 heteroatoms. The maximum atomic E-state index is 13.5. The molecule has 2 heterocycles. The molecule has 0 aliphatic carbocycles. The molecule has 0 unspecified atom stereocenters. The number of hydrogen-bond donors (Lipinski definition) is 0. The molecule has 5 nitrogen and oxygen atoms in total. The molecule has 29 heavy (non-hydrogen) atoms. The summed E-state index contributed by atoms with van der Waals surface area (Å²) in [4.78, 5) is 30.3. The Labute approximate surface area is 171 Å². The summed E-state index contributed by atoms with van der Waals surface area (Å²) in [7, 11) is 0. The molecule has 150 valence electrons. The summed E-state index contributed by atoms with van der Waals surface area (Å²) >= 11 is 0. The largest absolute Gasteiger partial charge is 0.494 e. The number of ether oxygens (including phenoxy) is 1. The van der Waals surface area contributed by atoms with E-state index in [9.17, 15) is 9.59 Å². The minimum Gasteiger partial charge on any atom is -0.494 e. The van der Waals surface area contributed by atoms with Gasteiger partial charge in [-0.1, -0.05) is 43.3 Å². The summed E-state index contributed by atoms with van der Waals surface area (Å²) in [5, 5.41) is 0. The number of hydrogen-bond acceptors (Lipinski definition) is 4. The molecule has 0 atom stereocenters. The van der Waals surface area contributed by atoms with Crippen LogP contribution >= 0.6 is 0 Å². The lowest BCUT2D eigenvalue weighted by Crippen LogP contribution is -2.37. The van der Waals surface area contributed by atoms with Crippen molar-refractivity contribution in [1.82, 2.24) is 4.90 Å². The first-order valence-electron chi connectivity index (χ1n) is 10.4. The molecule has 2 amide bonds. The lowest BCUT2D eigenvalue weighted by atomic mass is 10.0. The second-order valence-electron chi connectivity index (χ2n) is 7.43. The van der Waals surface area contributed by atoms with E-state index in [1.807, 2.05) is 49.4 Å². The molecule has 4 rings (SSSR count). The monoisotopic (exact) mass is 390 g/mol. The smallest absolute Gasteiger partial charge is 0.282 e. The minimum atomic E-state index is -0.269. The van der Waals surface area contributed by atoms with Gasteiger partial charge in [0.2, 0.25) is 0 Å². The van der Waals surface area contributed by atoms with Crippen LogP contribution < -0.4 is 9.64 Å². The van der Waals surface area contributed by atoms with E-state index in [0.717, 1.165) is 44.3 Å². The molecule has 0 N–H and O–H groups in total. The van der Waals surface area contributed by atoms with Gasteiger partial charge in [-0.15, -0.1) is 0 Å². The van der Waals surface area contributed by atoms with Crippen LogP contribution in [0.15, 0.2) is 60.3 Å². The Kier molecular flexibility index (Phi) is 5.65. The zero-order chi connectivity index (χ0) is 20.2. The predicted molar refractivity (Wildman–Crippen MR) is 114 cm³/mol. The zero-order valence-electron chi connectivity index (χ0n) is 16.8. The second kappa shape index (κ2) is 8.52. The fraction of sp³-hybridized carbons (Fsp3) is 0.333. The highest BCUT2D eigenvalue weighted by Gasteiger charge is 2.42. The Hall–Kier alpha value is -3.08. The molecular weight excluding hydrogens is 364 g/mol. The molecule has 2 aromatic carbocycles. The van der Waals surface area contributed by atoms with Gasteiger partial charge in [0.05, 0.1) is 17.9 Å². The molecule has 0 aromatic heterocycles. The first-order valence-corrected chi connectivity index (χ1v) is 10.4. The fourth-order valence-corrected chi connectivity index (χ4v) is 3.96. The molecule has 2 aliphatic rings. The summed E-state index contributed by atoms with van der Waals surface area (Å²) in [5.41, 5.74) is 2.36. The molecule has 0 spiro atoms. The van der Waals surface area contributed by atoms with Crippen LogP contribution in [0.5, 0.6) is 5.75 Å². The van der Waals surface area contributed by atoms with Crippen LogP contribution in [0.25, 0.3) is 5.57 Å². The number of benzene rings is 2. The van der Waals surface area contributed by atoms with E-state index in [1.165, 1.54) is 4.90 Å². The lowest BCUT2D eigenvalue weighted by molar-refractivity contribution is -0.120. The van der Waals surface area contributed by atoms with Crippen molar-refractivity contribution in [2.24, 2.45) is 0 Å². The topological polar surface area (TPSA) is 49.9 Å². The van der Waals surface area contributed by atoms with E-state index in [4.69, 9.17) is 4.74 Å². The number of nitrogens with zero attached hydrogens (tertiary/aromatic N) is 2. The summed E-state index contributed by atoms with van der Waals surface area (Å²) in [6.45, 7) is 4.24. The van der Waals surface area contributed by atoms with E-state index in [1.54, 1.807) is 12.1 Å². The number of rotatable bonds is 6. The van der Waals surface area contributed by atoms with Crippen LogP contribution in [-0.2, 0) is 9.59 Å². The van der Waals surface area contributed by atoms with Crippen molar-refractivity contribution >= 4 is 23.1 Å². The Morgan fingerprint density at radius 3 is 2.38 bits per heavy atom. The quantitative estimate of drug-likeness (QED) is 0.692. The Morgan fingerprint density at radius 2 is 1.66 bits per heavy atom. The Morgan fingerprint density at radius 1 is 0.897 bits per heavy atom. The van der Waals surface area contributed by atoms with Crippen molar-refractivity contribution < 1.29 is 14.3 Å². The van der Waals surface area contributed by atoms with Gasteiger partial charge in [-0.25, -0.2) is 4.90 Å². The molecule has 2 aliphatic heterocycles. The maximum Gasteiger partial charge on any atom is 0.282 e. The summed E-state index contributed by atoms with van der Waals surface area (Å²) in [6.07, 6.45) is 4.12. The lowest BCUT2D eigenvalue weighted by Gasteiger charge is -2.29. The van der Waals surface area contributed by atoms with E-state index < -0.39 is 0 Å². The van der Waals surface area contributed by atoms with Gasteiger partial charge in [0.15, 0.2) is 0 Å². The molecular formula is C24H26N2O3. The van der Waals surface area contributed by atoms with E-state index in [-0.39, 0.29) is 11.8 Å². The van der Waals surface area contributed by atoms with E-state index in [2.05, 4.69) is 4.90 Å². The van der Waals surface area contributed by atoms with Crippen LogP contribution in [-0.4, -0.2) is 36.4 Å². The van der Waals surface area contributed by atoms with Gasteiger partial charge in [-0.05, 0) is 43.4 Å². The van der Waals surface area contributed by atoms with Crippen LogP contribution in [0, 0.1) is 0 Å². The van der Waals surface area contributed by atoms with Crippen LogP contribution in [0.4, 0.5) is 5.69 Å². The average Bonchev–Trinajstić information content (AvgIpc) is 3.03. The van der Waals surface area contributed by atoms with Crippen LogP contribution in [0.3, 0.4) is 0 Å². The van der Waals surface area contributed by atoms with Crippen molar-refractivity contribution in [3.05, 3.63) is 65.9 Å². The molecule has 2 aromatic rings. The van der Waals surface area contributed by atoms with Gasteiger partial charge in [0.1, 0.15) is 11.4 Å². The minimum absolute atomic E-state index is 0.247. The molecule has 1 fully saturated rings. The van der Waals surface area contributed by atoms with Gasteiger partial charge in [-0.2, -0.15) is 0 Å². The van der Waals surface area contributed by atoms with Gasteiger partial charge in [-0.3, -0.25) is 9.59 Å². The third kappa shape index (κ3) is 3.77. The van der Waals surface area contributed by atoms with Gasteiger partial charge in [0, 0.05) is 19.2 Å². The number of piperidine rings is 1. The SMILES string of the molecule is CCCOc1cccc(N2C(=O)C(c3ccccc3)=C(N3CCCCC3)C2=O)c1. The second-order valence-corrected chi connectivity index (χ2v) is 7.43. The van der Waals surface area contributed by atoms with Crippen molar-refractivity contribution in [3.63, 3.8) is 0 Å². The molecule has 0 radical (unpaired) electrons. The number of imide groups is 1. The Balaban J connectivity index is 1.74. The van der Waals surface area contributed by atoms with Crippen LogP contribution in [0.1, 0.15) is 38.2 Å². The molecule has 0 bridgehead atoms. The highest BCUT2D eigenvalue weighted by Crippen LogP contribution is 2.36. The third-order valence-corrected chi connectivity index (χ3v) is 5.34. The number of likely N-dealkylation sites (tertiary alicyclic amines) is 1. The highest BCUT2D eigenvalue weighted by molar-refractivity contribution is 6.45. The van der Waals surface area contributed by atoms with E-state index >= 15 is 0 Å². The first-order chi connectivity index (χ1) is 14.2. The van der Waals surface area contributed by atoms with Crippen LogP contribution in [0.2, 0.25) is 0 Å². The number of carbonyl (C=O) groups is 2.